The molecule has 0 radical (unpaired) electrons. The van der Waals surface area contributed by atoms with Crippen LogP contribution in [-0.2, 0) is 17.8 Å². The Hall–Kier alpha value is -3.07. The van der Waals surface area contributed by atoms with E-state index < -0.39 is 5.60 Å². The number of benzene rings is 2. The molecule has 2 aromatic carbocycles. The van der Waals surface area contributed by atoms with Gasteiger partial charge in [0, 0.05) is 25.8 Å². The second-order valence-corrected chi connectivity index (χ2v) is 9.20. The zero-order chi connectivity index (χ0) is 24.7. The van der Waals surface area contributed by atoms with E-state index in [4.69, 9.17) is 18.9 Å². The topological polar surface area (TPSA) is 78.2 Å². The molecule has 8 nitrogen and oxygen atoms in total. The monoisotopic (exact) mass is 481 g/mol. The van der Waals surface area contributed by atoms with Crippen LogP contribution in [0.15, 0.2) is 54.9 Å². The number of ether oxygens (including phenoxy) is 4. The number of methoxy groups -OCH3 is 1. The zero-order valence-electron chi connectivity index (χ0n) is 20.8. The molecule has 0 aliphatic carbocycles. The van der Waals surface area contributed by atoms with Crippen LogP contribution in [-0.4, -0.2) is 72.0 Å². The van der Waals surface area contributed by atoms with Gasteiger partial charge in [-0.1, -0.05) is 23.8 Å². The number of aromatic nitrogens is 2. The number of aliphatic hydroxyl groups is 1. The van der Waals surface area contributed by atoms with Gasteiger partial charge in [0.25, 0.3) is 0 Å². The van der Waals surface area contributed by atoms with Crippen LogP contribution in [0.1, 0.15) is 16.7 Å². The molecule has 0 amide bonds. The Morgan fingerprint density at radius 1 is 1.06 bits per heavy atom. The van der Waals surface area contributed by atoms with Crippen molar-refractivity contribution < 1.29 is 24.1 Å². The number of rotatable bonds is 10. The van der Waals surface area contributed by atoms with Crippen LogP contribution in [0.3, 0.4) is 0 Å². The van der Waals surface area contributed by atoms with Gasteiger partial charge >= 0.3 is 0 Å². The van der Waals surface area contributed by atoms with Crippen molar-refractivity contribution in [3.63, 3.8) is 0 Å². The Balaban J connectivity index is 1.34. The average molecular weight is 482 g/mol. The minimum absolute atomic E-state index is 0.165. The summed E-state index contributed by atoms with van der Waals surface area (Å²) in [6, 6.07) is 13.8. The first-order valence-electron chi connectivity index (χ1n) is 11.9. The largest absolute Gasteiger partial charge is 0.493 e. The molecule has 1 N–H and O–H groups in total. The third-order valence-electron chi connectivity index (χ3n) is 5.94. The van der Waals surface area contributed by atoms with E-state index in [2.05, 4.69) is 10.00 Å². The molecule has 8 heteroatoms. The Kier molecular flexibility index (Phi) is 8.28. The van der Waals surface area contributed by atoms with E-state index in [0.29, 0.717) is 44.3 Å². The van der Waals surface area contributed by atoms with E-state index in [1.165, 1.54) is 5.56 Å². The highest BCUT2D eigenvalue weighted by atomic mass is 16.5. The lowest BCUT2D eigenvalue weighted by Crippen LogP contribution is -2.48. The predicted octanol–water partition coefficient (Wildman–Crippen LogP) is 3.23. The summed E-state index contributed by atoms with van der Waals surface area (Å²) in [5.74, 6) is 2.12. The molecule has 0 saturated carbocycles. The summed E-state index contributed by atoms with van der Waals surface area (Å²) in [5.41, 5.74) is 2.26. The first-order chi connectivity index (χ1) is 16.9. The molecule has 0 bridgehead atoms. The van der Waals surface area contributed by atoms with Crippen molar-refractivity contribution in [2.24, 2.45) is 0 Å². The maximum atomic E-state index is 11.2. The molecule has 2 heterocycles. The molecule has 1 fully saturated rings. The van der Waals surface area contributed by atoms with E-state index in [9.17, 15) is 5.11 Å². The molecule has 1 saturated heterocycles. The van der Waals surface area contributed by atoms with Crippen LogP contribution in [0, 0.1) is 13.8 Å². The van der Waals surface area contributed by atoms with Crippen molar-refractivity contribution in [3.05, 3.63) is 71.5 Å². The molecule has 188 valence electrons. The summed E-state index contributed by atoms with van der Waals surface area (Å²) in [4.78, 5) is 2.18. The minimum atomic E-state index is -1.10. The fourth-order valence-corrected chi connectivity index (χ4v) is 4.10. The maximum Gasteiger partial charge on any atom is 0.161 e. The molecule has 1 aromatic heterocycles. The van der Waals surface area contributed by atoms with Crippen LogP contribution in [0.4, 0.5) is 0 Å². The molecular weight excluding hydrogens is 446 g/mol. The second-order valence-electron chi connectivity index (χ2n) is 9.20. The van der Waals surface area contributed by atoms with Gasteiger partial charge in [-0.05, 0) is 49.2 Å². The average Bonchev–Trinajstić information content (AvgIpc) is 3.17. The van der Waals surface area contributed by atoms with Crippen LogP contribution in [0.5, 0.6) is 17.2 Å². The van der Waals surface area contributed by atoms with Crippen molar-refractivity contribution in [2.45, 2.75) is 32.5 Å². The van der Waals surface area contributed by atoms with E-state index in [0.717, 1.165) is 23.4 Å². The Labute approximate surface area is 207 Å². The normalized spacial score (nSPS) is 18.7. The van der Waals surface area contributed by atoms with Gasteiger partial charge in [-0.3, -0.25) is 9.58 Å². The first kappa shape index (κ1) is 25.0. The highest BCUT2D eigenvalue weighted by Gasteiger charge is 2.33. The smallest absolute Gasteiger partial charge is 0.161 e. The number of hydrogen-bond donors (Lipinski definition) is 1. The number of nitrogens with zero attached hydrogens (tertiary/aromatic N) is 3. The van der Waals surface area contributed by atoms with Gasteiger partial charge in [0.2, 0.25) is 0 Å². The Bertz CT molecular complexity index is 1080. The standard InChI is InChI=1S/C27H35N3O5/c1-21-4-7-24(8-5-21)35-20-27(31)18-29(10-12-33-19-27)17-23-6-9-25(26(14-23)32-3)34-13-11-30-16-22(2)15-28-30/h4-9,14-16,31H,10-13,17-20H2,1-3H3/t27-/m1/s1. The van der Waals surface area contributed by atoms with Crippen LogP contribution in [0.2, 0.25) is 0 Å². The summed E-state index contributed by atoms with van der Waals surface area (Å²) >= 11 is 0. The van der Waals surface area contributed by atoms with Gasteiger partial charge in [-0.25, -0.2) is 0 Å². The summed E-state index contributed by atoms with van der Waals surface area (Å²) < 4.78 is 25.0. The van der Waals surface area contributed by atoms with Crippen molar-refractivity contribution in [1.82, 2.24) is 14.7 Å². The summed E-state index contributed by atoms with van der Waals surface area (Å²) in [6.45, 7) is 7.98. The lowest BCUT2D eigenvalue weighted by molar-refractivity contribution is -0.0646. The molecule has 1 aliphatic heterocycles. The molecule has 35 heavy (non-hydrogen) atoms. The fraction of sp³-hybridized carbons (Fsp3) is 0.444. The van der Waals surface area contributed by atoms with Crippen molar-refractivity contribution in [3.8, 4) is 17.2 Å². The van der Waals surface area contributed by atoms with Crippen molar-refractivity contribution in [2.75, 3.05) is 46.6 Å². The first-order valence-corrected chi connectivity index (χ1v) is 11.9. The highest BCUT2D eigenvalue weighted by molar-refractivity contribution is 5.43. The number of β-amino-alcohol motifs (C(OH)–C–C–N with tert-alkyl or cyclic N) is 1. The van der Waals surface area contributed by atoms with E-state index in [-0.39, 0.29) is 13.2 Å². The molecule has 1 atom stereocenters. The van der Waals surface area contributed by atoms with Gasteiger partial charge in [-0.2, -0.15) is 5.10 Å². The second kappa shape index (κ2) is 11.6. The van der Waals surface area contributed by atoms with Gasteiger partial charge < -0.3 is 24.1 Å². The van der Waals surface area contributed by atoms with Gasteiger partial charge in [-0.15, -0.1) is 0 Å². The van der Waals surface area contributed by atoms with Gasteiger partial charge in [0.1, 0.15) is 24.6 Å². The van der Waals surface area contributed by atoms with Crippen LogP contribution < -0.4 is 14.2 Å². The molecule has 3 aromatic rings. The van der Waals surface area contributed by atoms with Crippen molar-refractivity contribution >= 4 is 0 Å². The Morgan fingerprint density at radius 3 is 2.63 bits per heavy atom. The van der Waals surface area contributed by atoms with E-state index >= 15 is 0 Å². The van der Waals surface area contributed by atoms with Crippen LogP contribution in [0.25, 0.3) is 0 Å². The minimum Gasteiger partial charge on any atom is -0.493 e. The SMILES string of the molecule is COc1cc(CN2CCOC[C@@](O)(COc3ccc(C)cc3)C2)ccc1OCCn1cc(C)cn1. The number of aryl methyl sites for hydroxylation is 2. The third-order valence-corrected chi connectivity index (χ3v) is 5.94. The van der Waals surface area contributed by atoms with Crippen molar-refractivity contribution in [1.29, 1.82) is 0 Å². The van der Waals surface area contributed by atoms with Gasteiger partial charge in [0.15, 0.2) is 11.5 Å². The van der Waals surface area contributed by atoms with E-state index in [1.807, 2.05) is 73.4 Å². The lowest BCUT2D eigenvalue weighted by atomic mass is 10.1. The molecule has 0 spiro atoms. The zero-order valence-corrected chi connectivity index (χ0v) is 20.8. The Morgan fingerprint density at radius 2 is 1.89 bits per heavy atom. The van der Waals surface area contributed by atoms with Gasteiger partial charge in [0.05, 0.1) is 33.1 Å². The lowest BCUT2D eigenvalue weighted by Gasteiger charge is -2.30. The van der Waals surface area contributed by atoms with E-state index in [1.54, 1.807) is 7.11 Å². The summed E-state index contributed by atoms with van der Waals surface area (Å²) in [5, 5.41) is 15.5. The summed E-state index contributed by atoms with van der Waals surface area (Å²) in [6.07, 6.45) is 3.82. The summed E-state index contributed by atoms with van der Waals surface area (Å²) in [7, 11) is 1.64. The highest BCUT2D eigenvalue weighted by Crippen LogP contribution is 2.29. The van der Waals surface area contributed by atoms with Crippen LogP contribution >= 0.6 is 0 Å². The third kappa shape index (κ3) is 7.21. The quantitative estimate of drug-likeness (QED) is 0.476. The fourth-order valence-electron chi connectivity index (χ4n) is 4.10. The predicted molar refractivity (Wildman–Crippen MR) is 133 cm³/mol. The molecule has 4 rings (SSSR count). The molecular formula is C27H35N3O5. The molecule has 0 unspecified atom stereocenters. The maximum absolute atomic E-state index is 11.2. The number of hydrogen-bond acceptors (Lipinski definition) is 7. The molecule has 1 aliphatic rings.